The second-order valence-corrected chi connectivity index (χ2v) is 16.6. The summed E-state index contributed by atoms with van der Waals surface area (Å²) < 4.78 is 6.30. The summed E-state index contributed by atoms with van der Waals surface area (Å²) >= 11 is 3.54. The molecule has 2 heteroatoms. The fraction of sp³-hybridized carbons (Fsp3) is 0.333. The molecule has 0 atom stereocenters. The van der Waals surface area contributed by atoms with Crippen LogP contribution in [0.1, 0.15) is 112 Å². The SMILES string of the molecule is CC(C)(C)c1ccc(C(c2ccc(OCc3ccc(CBr)cc3)cc2)(c2ccc(C(C)(C)C)cc2)c2ccc(C(C)(C)C)cc2)cc1. The Labute approximate surface area is 292 Å². The summed E-state index contributed by atoms with van der Waals surface area (Å²) in [5, 5.41) is 0.855. The number of benzene rings is 5. The van der Waals surface area contributed by atoms with E-state index >= 15 is 0 Å². The van der Waals surface area contributed by atoms with Crippen LogP contribution >= 0.6 is 15.9 Å². The standard InChI is InChI=1S/C45H51BrO/c1-42(2,3)34-14-20-37(21-15-34)45(38-22-16-35(17-23-38)43(4,5)6,39-24-18-36(19-25-39)44(7,8)9)40-26-28-41(29-27-40)47-31-33-12-10-32(30-46)11-13-33/h10-29H,30-31H2,1-9H3. The van der Waals surface area contributed by atoms with Crippen molar-refractivity contribution in [2.75, 3.05) is 0 Å². The first-order chi connectivity index (χ1) is 22.1. The first kappa shape index (κ1) is 34.7. The largest absolute Gasteiger partial charge is 0.489 e. The Bertz CT molecular complexity index is 1600. The molecule has 0 radical (unpaired) electrons. The van der Waals surface area contributed by atoms with Gasteiger partial charge in [0.25, 0.3) is 0 Å². The van der Waals surface area contributed by atoms with Crippen LogP contribution in [0.25, 0.3) is 0 Å². The maximum absolute atomic E-state index is 6.30. The van der Waals surface area contributed by atoms with Gasteiger partial charge in [-0.2, -0.15) is 0 Å². The minimum absolute atomic E-state index is 0.0669. The van der Waals surface area contributed by atoms with E-state index in [1.165, 1.54) is 44.5 Å². The number of hydrogen-bond donors (Lipinski definition) is 0. The van der Waals surface area contributed by atoms with Gasteiger partial charge in [-0.15, -0.1) is 0 Å². The number of halogens is 1. The summed E-state index contributed by atoms with van der Waals surface area (Å²) in [6.45, 7) is 21.0. The van der Waals surface area contributed by atoms with E-state index in [4.69, 9.17) is 4.74 Å². The highest BCUT2D eigenvalue weighted by atomic mass is 79.9. The molecule has 0 saturated heterocycles. The molecule has 244 valence electrons. The molecule has 0 bridgehead atoms. The Balaban J connectivity index is 1.68. The minimum Gasteiger partial charge on any atom is -0.489 e. The minimum atomic E-state index is -0.534. The predicted octanol–water partition coefficient (Wildman–Crippen LogP) is 12.4. The van der Waals surface area contributed by atoms with E-state index in [2.05, 4.69) is 200 Å². The summed E-state index contributed by atoms with van der Waals surface area (Å²) in [7, 11) is 0. The second-order valence-electron chi connectivity index (χ2n) is 16.0. The molecule has 0 fully saturated rings. The van der Waals surface area contributed by atoms with Crippen molar-refractivity contribution in [3.8, 4) is 5.75 Å². The Morgan fingerprint density at radius 3 is 0.957 bits per heavy atom. The Kier molecular flexibility index (Phi) is 9.95. The number of hydrogen-bond acceptors (Lipinski definition) is 1. The topological polar surface area (TPSA) is 9.23 Å². The Morgan fingerprint density at radius 2 is 0.660 bits per heavy atom. The number of alkyl halides is 1. The van der Waals surface area contributed by atoms with Crippen molar-refractivity contribution < 1.29 is 4.74 Å². The molecule has 5 aromatic carbocycles. The van der Waals surface area contributed by atoms with E-state index in [1.54, 1.807) is 0 Å². The highest BCUT2D eigenvalue weighted by molar-refractivity contribution is 9.08. The van der Waals surface area contributed by atoms with Crippen molar-refractivity contribution in [2.45, 2.75) is 95.9 Å². The highest BCUT2D eigenvalue weighted by Crippen LogP contribution is 2.47. The van der Waals surface area contributed by atoms with Crippen LogP contribution in [-0.4, -0.2) is 0 Å². The van der Waals surface area contributed by atoms with Crippen molar-refractivity contribution in [2.24, 2.45) is 0 Å². The monoisotopic (exact) mass is 686 g/mol. The fourth-order valence-corrected chi connectivity index (χ4v) is 6.73. The first-order valence-electron chi connectivity index (χ1n) is 16.8. The molecule has 0 spiro atoms. The molecular formula is C45H51BrO. The van der Waals surface area contributed by atoms with Crippen LogP contribution in [0.3, 0.4) is 0 Å². The lowest BCUT2D eigenvalue weighted by atomic mass is 9.64. The quantitative estimate of drug-likeness (QED) is 0.117. The highest BCUT2D eigenvalue weighted by Gasteiger charge is 2.39. The average molecular weight is 688 g/mol. The maximum Gasteiger partial charge on any atom is 0.119 e. The lowest BCUT2D eigenvalue weighted by molar-refractivity contribution is 0.306. The third-order valence-corrected chi connectivity index (χ3v) is 10.1. The first-order valence-corrected chi connectivity index (χ1v) is 17.9. The maximum atomic E-state index is 6.30. The fourth-order valence-electron chi connectivity index (χ4n) is 6.35. The van der Waals surface area contributed by atoms with Gasteiger partial charge in [-0.3, -0.25) is 0 Å². The van der Waals surface area contributed by atoms with Crippen LogP contribution < -0.4 is 4.74 Å². The molecule has 0 saturated carbocycles. The van der Waals surface area contributed by atoms with Gasteiger partial charge in [0, 0.05) is 5.33 Å². The third-order valence-electron chi connectivity index (χ3n) is 9.42. The van der Waals surface area contributed by atoms with Gasteiger partial charge in [-0.25, -0.2) is 0 Å². The average Bonchev–Trinajstić information content (AvgIpc) is 3.04. The van der Waals surface area contributed by atoms with Crippen molar-refractivity contribution >= 4 is 15.9 Å². The summed E-state index contributed by atoms with van der Waals surface area (Å²) in [5.74, 6) is 0.862. The zero-order chi connectivity index (χ0) is 34.0. The van der Waals surface area contributed by atoms with Gasteiger partial charge in [-0.1, -0.05) is 187 Å². The van der Waals surface area contributed by atoms with Crippen LogP contribution in [0.2, 0.25) is 0 Å². The van der Waals surface area contributed by atoms with Crippen molar-refractivity contribution in [1.82, 2.24) is 0 Å². The Morgan fingerprint density at radius 1 is 0.383 bits per heavy atom. The van der Waals surface area contributed by atoms with Gasteiger partial charge in [0.05, 0.1) is 5.41 Å². The molecule has 5 rings (SSSR count). The lowest BCUT2D eigenvalue weighted by Gasteiger charge is -2.38. The van der Waals surface area contributed by atoms with Crippen molar-refractivity contribution in [3.05, 3.63) is 171 Å². The molecule has 0 aliphatic rings. The second kappa shape index (κ2) is 13.5. The molecule has 0 aliphatic carbocycles. The summed E-state index contributed by atoms with van der Waals surface area (Å²) in [5.41, 5.74) is 11.0. The molecule has 0 N–H and O–H groups in total. The number of rotatable bonds is 8. The molecule has 5 aromatic rings. The van der Waals surface area contributed by atoms with E-state index in [0.717, 1.165) is 16.6 Å². The van der Waals surface area contributed by atoms with E-state index in [9.17, 15) is 0 Å². The molecule has 1 nitrogen and oxygen atoms in total. The van der Waals surface area contributed by atoms with Crippen LogP contribution in [0.4, 0.5) is 0 Å². The molecule has 0 aliphatic heterocycles. The van der Waals surface area contributed by atoms with Gasteiger partial charge in [0.2, 0.25) is 0 Å². The van der Waals surface area contributed by atoms with E-state index in [-0.39, 0.29) is 16.2 Å². The summed E-state index contributed by atoms with van der Waals surface area (Å²) in [6.07, 6.45) is 0. The molecule has 47 heavy (non-hydrogen) atoms. The Hall–Kier alpha value is -3.62. The van der Waals surface area contributed by atoms with Gasteiger partial charge in [0.15, 0.2) is 0 Å². The summed E-state index contributed by atoms with van der Waals surface area (Å²) in [6, 6.07) is 45.3. The van der Waals surface area contributed by atoms with Crippen LogP contribution in [-0.2, 0) is 33.6 Å². The van der Waals surface area contributed by atoms with Crippen molar-refractivity contribution in [1.29, 1.82) is 0 Å². The lowest BCUT2D eigenvalue weighted by Crippen LogP contribution is -2.31. The van der Waals surface area contributed by atoms with Gasteiger partial charge in [-0.05, 0) is 78.4 Å². The van der Waals surface area contributed by atoms with E-state index in [0.29, 0.717) is 6.61 Å². The zero-order valence-electron chi connectivity index (χ0n) is 29.7. The smallest absolute Gasteiger partial charge is 0.119 e. The molecule has 0 heterocycles. The molecular weight excluding hydrogens is 636 g/mol. The number of ether oxygens (including phenoxy) is 1. The van der Waals surface area contributed by atoms with Gasteiger partial charge < -0.3 is 4.74 Å². The summed E-state index contributed by atoms with van der Waals surface area (Å²) in [4.78, 5) is 0. The predicted molar refractivity (Wildman–Crippen MR) is 204 cm³/mol. The van der Waals surface area contributed by atoms with E-state index in [1.807, 2.05) is 0 Å². The van der Waals surface area contributed by atoms with Crippen LogP contribution in [0.5, 0.6) is 5.75 Å². The third kappa shape index (κ3) is 7.60. The zero-order valence-corrected chi connectivity index (χ0v) is 31.3. The van der Waals surface area contributed by atoms with Crippen LogP contribution in [0, 0.1) is 0 Å². The van der Waals surface area contributed by atoms with Crippen molar-refractivity contribution in [3.63, 3.8) is 0 Å². The van der Waals surface area contributed by atoms with Crippen LogP contribution in [0.15, 0.2) is 121 Å². The van der Waals surface area contributed by atoms with Gasteiger partial charge in [0.1, 0.15) is 12.4 Å². The molecule has 0 unspecified atom stereocenters. The molecule has 0 aromatic heterocycles. The normalized spacial score (nSPS) is 12.6. The molecule has 0 amide bonds. The van der Waals surface area contributed by atoms with Gasteiger partial charge >= 0.3 is 0 Å². The van der Waals surface area contributed by atoms with E-state index < -0.39 is 5.41 Å².